The number of alkyl halides is 5. The second-order valence-corrected chi connectivity index (χ2v) is 25.7. The van der Waals surface area contributed by atoms with E-state index < -0.39 is 176 Å². The van der Waals surface area contributed by atoms with Gasteiger partial charge in [-0.3, -0.25) is 52.7 Å². The zero-order valence-corrected chi connectivity index (χ0v) is 56.4. The van der Waals surface area contributed by atoms with Gasteiger partial charge in [0.15, 0.2) is 0 Å². The molecule has 5 rings (SSSR count). The van der Waals surface area contributed by atoms with Crippen molar-refractivity contribution in [1.29, 1.82) is 0 Å². The molecule has 28 heteroatoms. The molecule has 2 fully saturated rings. The summed E-state index contributed by atoms with van der Waals surface area (Å²) in [7, 11) is 9.03. The van der Waals surface area contributed by atoms with E-state index in [0.717, 1.165) is 58.6 Å². The third-order valence-electron chi connectivity index (χ3n) is 17.5. The van der Waals surface area contributed by atoms with Gasteiger partial charge in [0.05, 0.1) is 31.7 Å². The van der Waals surface area contributed by atoms with Crippen LogP contribution in [0.25, 0.3) is 0 Å². The van der Waals surface area contributed by atoms with Gasteiger partial charge in [-0.25, -0.2) is 8.78 Å². The van der Waals surface area contributed by atoms with Crippen molar-refractivity contribution in [2.24, 2.45) is 11.8 Å². The number of aryl methyl sites for hydroxylation is 1. The van der Waals surface area contributed by atoms with E-state index in [1.54, 1.807) is 82.3 Å². The topological polar surface area (TPSA) is 250 Å². The first-order valence-corrected chi connectivity index (χ1v) is 31.5. The monoisotopic (exact) mass is 1340 g/mol. The number of rotatable bonds is 11. The molecule has 2 aliphatic rings. The highest BCUT2D eigenvalue weighted by molar-refractivity contribution is 6.30. The van der Waals surface area contributed by atoms with Gasteiger partial charge in [-0.05, 0) is 85.9 Å². The van der Waals surface area contributed by atoms with E-state index in [9.17, 15) is 51.5 Å². The second-order valence-electron chi connectivity index (χ2n) is 25.3. The first-order valence-electron chi connectivity index (χ1n) is 31.2. The SMILES string of the molecule is CC[C@H](C)[C@@H]1NC(=O)[C@H](C)N(C)C(=O)C[C@@H](C)NC(=O)[C@H](CC(C)C)N(C)C(=O)[C@H](Cc2ccccc2)N(C)C(=O)C2CC(F)(F)CN2C(=O)[C@H](CCc2ccc(C(F)(F)F)cc2)NC(=O)CN(C)C(=O)[C@H](Cc2ccc(Cl)cc2)N(C)C(=O)CN(C)C(=O)CN(C)C1=O. The summed E-state index contributed by atoms with van der Waals surface area (Å²) in [5.74, 6) is -13.6. The van der Waals surface area contributed by atoms with Crippen LogP contribution in [0.5, 0.6) is 0 Å². The van der Waals surface area contributed by atoms with Crippen LogP contribution < -0.4 is 16.0 Å². The molecule has 9 atom stereocenters. The van der Waals surface area contributed by atoms with E-state index in [2.05, 4.69) is 16.0 Å². The third kappa shape index (κ3) is 20.6. The summed E-state index contributed by atoms with van der Waals surface area (Å²) in [4.78, 5) is 167. The van der Waals surface area contributed by atoms with Gasteiger partial charge in [-0.15, -0.1) is 0 Å². The van der Waals surface area contributed by atoms with Crippen LogP contribution >= 0.6 is 11.6 Å². The molecule has 0 aliphatic carbocycles. The molecule has 11 amide bonds. The van der Waals surface area contributed by atoms with Crippen molar-refractivity contribution >= 4 is 76.6 Å². The Labute approximate surface area is 551 Å². The zero-order valence-electron chi connectivity index (χ0n) is 55.6. The van der Waals surface area contributed by atoms with Crippen molar-refractivity contribution in [3.05, 3.63) is 106 Å². The van der Waals surface area contributed by atoms with Crippen LogP contribution in [0.2, 0.25) is 5.02 Å². The highest BCUT2D eigenvalue weighted by Crippen LogP contribution is 2.35. The number of fused-ring (bicyclic) bond motifs is 1. The minimum atomic E-state index is -4.71. The predicted octanol–water partition coefficient (Wildman–Crippen LogP) is 4.69. The number of hydrogen-bond acceptors (Lipinski definition) is 11. The molecule has 2 saturated heterocycles. The fourth-order valence-electron chi connectivity index (χ4n) is 11.2. The average Bonchev–Trinajstić information content (AvgIpc) is 1.60. The molecule has 3 aromatic rings. The summed E-state index contributed by atoms with van der Waals surface area (Å²) < 4.78 is 73.0. The molecule has 0 bridgehead atoms. The summed E-state index contributed by atoms with van der Waals surface area (Å²) in [5, 5.41) is 8.40. The van der Waals surface area contributed by atoms with Crippen LogP contribution in [-0.2, 0) is 78.2 Å². The van der Waals surface area contributed by atoms with Crippen LogP contribution in [0, 0.1) is 11.8 Å². The van der Waals surface area contributed by atoms with Crippen LogP contribution in [0.3, 0.4) is 0 Å². The lowest BCUT2D eigenvalue weighted by Gasteiger charge is -2.37. The van der Waals surface area contributed by atoms with Gasteiger partial charge in [-0.2, -0.15) is 13.2 Å². The molecule has 0 saturated carbocycles. The first-order chi connectivity index (χ1) is 43.8. The van der Waals surface area contributed by atoms with Crippen molar-refractivity contribution in [1.82, 2.24) is 55.1 Å². The van der Waals surface area contributed by atoms with Gasteiger partial charge in [0.25, 0.3) is 5.92 Å². The molecule has 22 nitrogen and oxygen atoms in total. The second kappa shape index (κ2) is 33.2. The molecular weight excluding hydrogens is 1250 g/mol. The Morgan fingerprint density at radius 2 is 1.12 bits per heavy atom. The Bertz CT molecular complexity index is 3200. The molecule has 2 aliphatic heterocycles. The molecule has 94 heavy (non-hydrogen) atoms. The minimum Gasteiger partial charge on any atom is -0.351 e. The molecule has 516 valence electrons. The number of benzene rings is 3. The zero-order chi connectivity index (χ0) is 70.4. The lowest BCUT2D eigenvalue weighted by Crippen LogP contribution is -2.59. The number of likely N-dealkylation sites (N-methyl/N-ethyl adjacent to an activating group) is 7. The van der Waals surface area contributed by atoms with E-state index in [1.807, 2.05) is 0 Å². The first kappa shape index (κ1) is 76.5. The molecule has 3 aromatic carbocycles. The molecule has 0 aromatic heterocycles. The van der Waals surface area contributed by atoms with Crippen molar-refractivity contribution < 1.29 is 74.7 Å². The molecule has 0 radical (unpaired) electrons. The Morgan fingerprint density at radius 1 is 0.574 bits per heavy atom. The van der Waals surface area contributed by atoms with Gasteiger partial charge >= 0.3 is 6.18 Å². The highest BCUT2D eigenvalue weighted by atomic mass is 35.5. The van der Waals surface area contributed by atoms with Crippen molar-refractivity contribution in [2.75, 3.05) is 75.5 Å². The van der Waals surface area contributed by atoms with E-state index in [-0.39, 0.29) is 43.6 Å². The normalized spacial score (nSPS) is 24.6. The molecule has 1 unspecified atom stereocenters. The number of nitrogens with zero attached hydrogens (tertiary/aromatic N) is 8. The quantitative estimate of drug-likeness (QED) is 0.222. The number of hydrogen-bond donors (Lipinski definition) is 3. The van der Waals surface area contributed by atoms with E-state index in [1.165, 1.54) is 63.2 Å². The largest absolute Gasteiger partial charge is 0.416 e. The van der Waals surface area contributed by atoms with Crippen LogP contribution in [0.1, 0.15) is 95.9 Å². The van der Waals surface area contributed by atoms with E-state index >= 15 is 23.2 Å². The molecular formula is C66H89ClF5N11O11. The van der Waals surface area contributed by atoms with Crippen molar-refractivity contribution in [3.8, 4) is 0 Å². The van der Waals surface area contributed by atoms with Gasteiger partial charge in [-0.1, -0.05) is 100 Å². The van der Waals surface area contributed by atoms with Gasteiger partial charge < -0.3 is 55.1 Å². The Morgan fingerprint density at radius 3 is 1.69 bits per heavy atom. The third-order valence-corrected chi connectivity index (χ3v) is 17.7. The van der Waals surface area contributed by atoms with E-state index in [0.29, 0.717) is 27.5 Å². The Balaban J connectivity index is 1.61. The molecule has 3 N–H and O–H groups in total. The van der Waals surface area contributed by atoms with Crippen LogP contribution in [0.15, 0.2) is 78.9 Å². The summed E-state index contributed by atoms with van der Waals surface area (Å²) >= 11 is 6.18. The smallest absolute Gasteiger partial charge is 0.351 e. The highest BCUT2D eigenvalue weighted by Gasteiger charge is 2.53. The molecule has 0 spiro atoms. The van der Waals surface area contributed by atoms with Crippen molar-refractivity contribution in [3.63, 3.8) is 0 Å². The number of halogens is 6. The lowest BCUT2D eigenvalue weighted by atomic mass is 9.97. The number of nitrogens with one attached hydrogen (secondary N) is 3. The fraction of sp³-hybridized carbons (Fsp3) is 0.561. The van der Waals surface area contributed by atoms with Crippen molar-refractivity contribution in [2.45, 2.75) is 153 Å². The Hall–Kier alpha value is -8.23. The maximum atomic E-state index is 16.1. The molecule has 2 heterocycles. The van der Waals surface area contributed by atoms with Gasteiger partial charge in [0, 0.05) is 86.1 Å². The summed E-state index contributed by atoms with van der Waals surface area (Å²) in [5.41, 5.74) is 0.269. The predicted molar refractivity (Wildman–Crippen MR) is 340 cm³/mol. The number of carbonyl (C=O) groups is 11. The number of carbonyl (C=O) groups excluding carboxylic acids is 11. The number of amides is 11. The van der Waals surface area contributed by atoms with Crippen LogP contribution in [-0.4, -0.2) is 234 Å². The summed E-state index contributed by atoms with van der Waals surface area (Å²) in [6, 6.07) is 7.31. The fourth-order valence-corrected chi connectivity index (χ4v) is 11.3. The maximum absolute atomic E-state index is 16.1. The lowest BCUT2D eigenvalue weighted by molar-refractivity contribution is -0.152. The summed E-state index contributed by atoms with van der Waals surface area (Å²) in [6.07, 6.45) is -6.89. The maximum Gasteiger partial charge on any atom is 0.416 e. The van der Waals surface area contributed by atoms with E-state index in [4.69, 9.17) is 11.6 Å². The van der Waals surface area contributed by atoms with Gasteiger partial charge in [0.1, 0.15) is 42.3 Å². The van der Waals surface area contributed by atoms with Gasteiger partial charge in [0.2, 0.25) is 65.0 Å². The van der Waals surface area contributed by atoms with Crippen LogP contribution in [0.4, 0.5) is 22.0 Å². The summed E-state index contributed by atoms with van der Waals surface area (Å²) in [6.45, 7) is 6.69. The Kier molecular flexibility index (Phi) is 27.0. The standard InChI is InChI=1S/C66H89ClF5N11O11/c1-14-40(4)57-64(94)78(9)36-55(86)76(7)37-56(87)80(11)50(33-45-22-27-47(67)28-23-45)61(91)77(8)35-53(84)74-48(29-24-43-20-25-46(26-21-43)66(70,71)72)60(90)83-38-65(68,69)34-52(83)63(93)82(13)51(32-44-18-16-15-17-19-44)62(92)81(12)49(30-39(2)3)59(89)73-41(5)31-54(85)79(10)42(6)58(88)75-57/h15-23,25-28,39-42,48-52,57H,14,24,29-38H2,1-13H3,(H,73,89)(H,74,84)(H,75,88)/t40-,41+,42-,48-,49-,50-,51-,52?,57-/m0/s1. The minimum absolute atomic E-state index is 0.0546. The average molecular weight is 1340 g/mol.